The van der Waals surface area contributed by atoms with Crippen molar-refractivity contribution in [2.24, 2.45) is 0 Å². The molecule has 0 saturated heterocycles. The Morgan fingerprint density at radius 2 is 2.46 bits per heavy atom. The van der Waals surface area contributed by atoms with E-state index in [0.717, 1.165) is 19.3 Å². The summed E-state index contributed by atoms with van der Waals surface area (Å²) in [7, 11) is 0. The van der Waals surface area contributed by atoms with E-state index in [1.54, 1.807) is 12.1 Å². The Balaban J connectivity index is 2.19. The highest BCUT2D eigenvalue weighted by molar-refractivity contribution is 5.86. The highest BCUT2D eigenvalue weighted by Gasteiger charge is 2.08. The van der Waals surface area contributed by atoms with Crippen molar-refractivity contribution in [3.63, 3.8) is 0 Å². The van der Waals surface area contributed by atoms with Crippen molar-refractivity contribution in [2.45, 2.75) is 26.2 Å². The van der Waals surface area contributed by atoms with Crippen molar-refractivity contribution >= 4 is 5.97 Å². The average molecular weight is 181 g/mol. The smallest absolute Gasteiger partial charge is 0.374 e. The number of hydrogen-bond donors (Lipinski definition) is 0. The third kappa shape index (κ3) is 3.32. The van der Waals surface area contributed by atoms with Gasteiger partial charge in [0, 0.05) is 0 Å². The van der Waals surface area contributed by atoms with Gasteiger partial charge >= 0.3 is 5.97 Å². The van der Waals surface area contributed by atoms with E-state index in [-0.39, 0.29) is 5.76 Å². The van der Waals surface area contributed by atoms with Crippen molar-refractivity contribution in [2.75, 3.05) is 6.61 Å². The van der Waals surface area contributed by atoms with Gasteiger partial charge in [-0.05, 0) is 18.6 Å². The number of carbonyl (C=O) groups is 1. The van der Waals surface area contributed by atoms with Crippen LogP contribution in [0.3, 0.4) is 0 Å². The SMILES string of the molecule is CCCCCOC(=O)c1cc[c]o1. The van der Waals surface area contributed by atoms with Crippen LogP contribution in [-0.4, -0.2) is 12.6 Å². The Hall–Kier alpha value is -1.25. The topological polar surface area (TPSA) is 39.4 Å². The molecule has 0 fully saturated rings. The molecule has 0 spiro atoms. The Morgan fingerprint density at radius 3 is 3.08 bits per heavy atom. The van der Waals surface area contributed by atoms with Crippen LogP contribution in [0.15, 0.2) is 16.5 Å². The minimum atomic E-state index is -0.405. The van der Waals surface area contributed by atoms with Gasteiger partial charge in [0.2, 0.25) is 5.76 Å². The molecule has 0 atom stereocenters. The van der Waals surface area contributed by atoms with Gasteiger partial charge in [-0.25, -0.2) is 4.79 Å². The molecule has 0 amide bonds. The van der Waals surface area contributed by atoms with Crippen LogP contribution < -0.4 is 0 Å². The maximum atomic E-state index is 11.1. The largest absolute Gasteiger partial charge is 0.460 e. The Labute approximate surface area is 77.7 Å². The second-order valence-electron chi connectivity index (χ2n) is 2.76. The van der Waals surface area contributed by atoms with E-state index in [9.17, 15) is 4.79 Å². The molecule has 0 aliphatic carbocycles. The van der Waals surface area contributed by atoms with Gasteiger partial charge in [0.05, 0.1) is 6.61 Å². The van der Waals surface area contributed by atoms with E-state index in [4.69, 9.17) is 9.15 Å². The summed E-state index contributed by atoms with van der Waals surface area (Å²) in [6.07, 6.45) is 5.54. The van der Waals surface area contributed by atoms with Crippen LogP contribution >= 0.6 is 0 Å². The second-order valence-corrected chi connectivity index (χ2v) is 2.76. The quantitative estimate of drug-likeness (QED) is 0.517. The lowest BCUT2D eigenvalue weighted by atomic mass is 10.3. The first-order chi connectivity index (χ1) is 6.34. The first-order valence-corrected chi connectivity index (χ1v) is 4.47. The zero-order valence-electron chi connectivity index (χ0n) is 7.71. The summed E-state index contributed by atoms with van der Waals surface area (Å²) in [4.78, 5) is 11.1. The van der Waals surface area contributed by atoms with Gasteiger partial charge in [-0.1, -0.05) is 19.8 Å². The first-order valence-electron chi connectivity index (χ1n) is 4.47. The van der Waals surface area contributed by atoms with E-state index in [2.05, 4.69) is 13.2 Å². The van der Waals surface area contributed by atoms with Gasteiger partial charge in [0.25, 0.3) is 0 Å². The van der Waals surface area contributed by atoms with Crippen molar-refractivity contribution < 1.29 is 13.9 Å². The molecule has 0 aliphatic rings. The predicted octanol–water partition coefficient (Wildman–Crippen LogP) is 2.43. The molecule has 0 aromatic carbocycles. The minimum Gasteiger partial charge on any atom is -0.460 e. The molecular weight excluding hydrogens is 168 g/mol. The standard InChI is InChI=1S/C10H13O3/c1-2-3-4-7-13-10(11)9-6-5-8-12-9/h5-6H,2-4,7H2,1H3. The molecule has 13 heavy (non-hydrogen) atoms. The summed E-state index contributed by atoms with van der Waals surface area (Å²) in [6, 6.07) is 3.09. The van der Waals surface area contributed by atoms with Gasteiger partial charge < -0.3 is 9.15 Å². The highest BCUT2D eigenvalue weighted by atomic mass is 16.5. The maximum absolute atomic E-state index is 11.1. The van der Waals surface area contributed by atoms with Crippen LogP contribution in [0.4, 0.5) is 0 Å². The number of unbranched alkanes of at least 4 members (excludes halogenated alkanes) is 2. The molecule has 0 saturated carbocycles. The normalized spacial score (nSPS) is 9.92. The van der Waals surface area contributed by atoms with E-state index in [1.165, 1.54) is 0 Å². The molecule has 0 bridgehead atoms. The lowest BCUT2D eigenvalue weighted by Crippen LogP contribution is -2.04. The molecule has 1 aromatic rings. The summed E-state index contributed by atoms with van der Waals surface area (Å²) in [5, 5.41) is 0. The summed E-state index contributed by atoms with van der Waals surface area (Å²) < 4.78 is 9.69. The van der Waals surface area contributed by atoms with Gasteiger partial charge in [0.15, 0.2) is 6.26 Å². The third-order valence-corrected chi connectivity index (χ3v) is 1.65. The fraction of sp³-hybridized carbons (Fsp3) is 0.500. The van der Waals surface area contributed by atoms with Crippen molar-refractivity contribution in [1.82, 2.24) is 0 Å². The number of ether oxygens (including phenoxy) is 1. The average Bonchev–Trinajstić information content (AvgIpc) is 2.65. The second kappa shape index (κ2) is 5.41. The highest BCUT2D eigenvalue weighted by Crippen LogP contribution is 2.03. The number of rotatable bonds is 5. The fourth-order valence-corrected chi connectivity index (χ4v) is 0.939. The van der Waals surface area contributed by atoms with Gasteiger partial charge in [-0.3, -0.25) is 0 Å². The van der Waals surface area contributed by atoms with Crippen LogP contribution in [-0.2, 0) is 4.74 Å². The molecule has 3 nitrogen and oxygen atoms in total. The van der Waals surface area contributed by atoms with Gasteiger partial charge in [-0.15, -0.1) is 0 Å². The molecule has 0 N–H and O–H groups in total. The van der Waals surface area contributed by atoms with E-state index in [1.807, 2.05) is 0 Å². The zero-order valence-corrected chi connectivity index (χ0v) is 7.71. The van der Waals surface area contributed by atoms with Gasteiger partial charge in [0.1, 0.15) is 0 Å². The lowest BCUT2D eigenvalue weighted by Gasteiger charge is -2.00. The molecule has 3 heteroatoms. The van der Waals surface area contributed by atoms with Crippen molar-refractivity contribution in [3.8, 4) is 0 Å². The first kappa shape index (κ1) is 9.84. The summed E-state index contributed by atoms with van der Waals surface area (Å²) >= 11 is 0. The molecule has 1 heterocycles. The third-order valence-electron chi connectivity index (χ3n) is 1.65. The number of esters is 1. The van der Waals surface area contributed by atoms with Gasteiger partial charge in [-0.2, -0.15) is 0 Å². The monoisotopic (exact) mass is 181 g/mol. The van der Waals surface area contributed by atoms with E-state index in [0.29, 0.717) is 6.61 Å². The molecule has 0 unspecified atom stereocenters. The summed E-state index contributed by atoms with van der Waals surface area (Å²) in [5.74, 6) is -0.186. The van der Waals surface area contributed by atoms with Crippen LogP contribution in [0.5, 0.6) is 0 Å². The Morgan fingerprint density at radius 1 is 1.62 bits per heavy atom. The Kier molecular flexibility index (Phi) is 4.09. The summed E-state index contributed by atoms with van der Waals surface area (Å²) in [6.45, 7) is 2.57. The molecule has 0 aliphatic heterocycles. The molecule has 71 valence electrons. The molecule has 1 rings (SSSR count). The molecular formula is C10H13O3. The maximum Gasteiger partial charge on any atom is 0.374 e. The van der Waals surface area contributed by atoms with Crippen LogP contribution in [0, 0.1) is 6.26 Å². The minimum absolute atomic E-state index is 0.219. The molecule has 1 radical (unpaired) electrons. The van der Waals surface area contributed by atoms with E-state index >= 15 is 0 Å². The number of hydrogen-bond acceptors (Lipinski definition) is 3. The van der Waals surface area contributed by atoms with Crippen molar-refractivity contribution in [3.05, 3.63) is 24.2 Å². The van der Waals surface area contributed by atoms with E-state index < -0.39 is 5.97 Å². The number of carbonyl (C=O) groups excluding carboxylic acids is 1. The fourth-order valence-electron chi connectivity index (χ4n) is 0.939. The summed E-state index contributed by atoms with van der Waals surface area (Å²) in [5.41, 5.74) is 0. The van der Waals surface area contributed by atoms with Crippen LogP contribution in [0.2, 0.25) is 0 Å². The van der Waals surface area contributed by atoms with Crippen molar-refractivity contribution in [1.29, 1.82) is 0 Å². The Bertz CT molecular complexity index is 239. The zero-order chi connectivity index (χ0) is 9.52. The van der Waals surface area contributed by atoms with Crippen LogP contribution in [0.1, 0.15) is 36.7 Å². The molecule has 1 aromatic heterocycles. The van der Waals surface area contributed by atoms with Crippen LogP contribution in [0.25, 0.3) is 0 Å². The predicted molar refractivity (Wildman–Crippen MR) is 47.4 cm³/mol. The lowest BCUT2D eigenvalue weighted by molar-refractivity contribution is 0.0461. The number of furan rings is 1.